The van der Waals surface area contributed by atoms with Gasteiger partial charge >= 0.3 is 0 Å². The lowest BCUT2D eigenvalue weighted by Gasteiger charge is -2.38. The van der Waals surface area contributed by atoms with Gasteiger partial charge in [-0.05, 0) is 55.7 Å². The molecule has 1 N–H and O–H groups in total. The number of benzene rings is 1. The van der Waals surface area contributed by atoms with Crippen LogP contribution in [-0.2, 0) is 26.9 Å². The number of hydrogen-bond donors (Lipinski definition) is 1. The average Bonchev–Trinajstić information content (AvgIpc) is 3.13. The molecule has 7 nitrogen and oxygen atoms in total. The summed E-state index contributed by atoms with van der Waals surface area (Å²) in [6.45, 7) is 7.41. The molecule has 0 bridgehead atoms. The second-order valence-corrected chi connectivity index (χ2v) is 10.7. The Kier molecular flexibility index (Phi) is 5.21. The first-order valence-electron chi connectivity index (χ1n) is 10.7. The molecule has 0 saturated carbocycles. The van der Waals surface area contributed by atoms with Crippen LogP contribution in [-0.4, -0.2) is 50.1 Å². The van der Waals surface area contributed by atoms with Gasteiger partial charge in [0.05, 0.1) is 35.7 Å². The Morgan fingerprint density at radius 2 is 1.94 bits per heavy atom. The second kappa shape index (κ2) is 7.81. The van der Waals surface area contributed by atoms with Gasteiger partial charge in [-0.15, -0.1) is 0 Å². The molecule has 2 aliphatic heterocycles. The molecule has 1 fully saturated rings. The molecule has 0 radical (unpaired) electrons. The van der Waals surface area contributed by atoms with E-state index >= 15 is 0 Å². The average molecular weight is 451 g/mol. The molecule has 166 valence electrons. The Balaban J connectivity index is 1.49. The topological polar surface area (TPSA) is 94.4 Å². The van der Waals surface area contributed by atoms with Crippen molar-refractivity contribution < 1.29 is 14.4 Å². The molecule has 1 atom stereocenters. The predicted octanol–water partition coefficient (Wildman–Crippen LogP) is 3.31. The molecule has 32 heavy (non-hydrogen) atoms. The lowest BCUT2D eigenvalue weighted by Crippen LogP contribution is -2.49. The standard InChI is InChI=1S/C24H26N4O3S/c1-4-32(30)17-8-9-18-20(10-17)28(13-24(18)14-31-15-24)22-25-11-16(12-26-22)19-6-5-7-21(27-19)23(2,3)29/h5-12,29H,4,13-15H2,1-3H3/t32-/m1/s1. The minimum atomic E-state index is -1.03. The second-order valence-electron chi connectivity index (χ2n) is 8.91. The number of aromatic nitrogens is 3. The molecule has 2 aliphatic rings. The Bertz CT molecular complexity index is 1140. The van der Waals surface area contributed by atoms with Crippen LogP contribution >= 0.6 is 0 Å². The molecule has 1 saturated heterocycles. The summed E-state index contributed by atoms with van der Waals surface area (Å²) in [6.07, 6.45) is 3.52. The molecule has 3 aromatic rings. The van der Waals surface area contributed by atoms with Gasteiger partial charge in [0.2, 0.25) is 5.95 Å². The summed E-state index contributed by atoms with van der Waals surface area (Å²) in [5, 5.41) is 10.3. The third-order valence-electron chi connectivity index (χ3n) is 6.13. The summed E-state index contributed by atoms with van der Waals surface area (Å²) in [5.41, 5.74) is 3.20. The van der Waals surface area contributed by atoms with E-state index in [0.29, 0.717) is 36.3 Å². The Hall–Kier alpha value is -2.52. The zero-order chi connectivity index (χ0) is 22.5. The first-order valence-corrected chi connectivity index (χ1v) is 12.0. The molecule has 5 rings (SSSR count). The summed E-state index contributed by atoms with van der Waals surface area (Å²) in [5.74, 6) is 1.17. The molecule has 1 aromatic carbocycles. The number of anilines is 2. The maximum Gasteiger partial charge on any atom is 0.229 e. The van der Waals surface area contributed by atoms with Gasteiger partial charge in [-0.2, -0.15) is 0 Å². The van der Waals surface area contributed by atoms with E-state index < -0.39 is 16.8 Å². The van der Waals surface area contributed by atoms with Crippen molar-refractivity contribution in [3.8, 4) is 11.3 Å². The van der Waals surface area contributed by atoms with Crippen molar-refractivity contribution in [2.45, 2.75) is 36.7 Å². The van der Waals surface area contributed by atoms with Gasteiger partial charge in [0.15, 0.2) is 4.90 Å². The fraction of sp³-hybridized carbons (Fsp3) is 0.375. The van der Waals surface area contributed by atoms with E-state index in [9.17, 15) is 9.66 Å². The van der Waals surface area contributed by atoms with Crippen molar-refractivity contribution in [3.63, 3.8) is 0 Å². The van der Waals surface area contributed by atoms with Gasteiger partial charge in [-0.3, -0.25) is 0 Å². The summed E-state index contributed by atoms with van der Waals surface area (Å²) < 4.78 is 18.0. The summed E-state index contributed by atoms with van der Waals surface area (Å²) in [6, 6.07) is 11.6. The molecule has 2 aromatic heterocycles. The molecular weight excluding hydrogens is 424 g/mol. The van der Waals surface area contributed by atoms with E-state index in [1.807, 2.05) is 31.2 Å². The molecule has 8 heteroatoms. The molecule has 0 unspecified atom stereocenters. The number of pyridine rings is 1. The maximum atomic E-state index is 12.4. The first-order chi connectivity index (χ1) is 15.3. The molecular formula is C24H26N4O3S. The van der Waals surface area contributed by atoms with Crippen molar-refractivity contribution in [3.05, 3.63) is 60.0 Å². The van der Waals surface area contributed by atoms with Crippen LogP contribution in [0.25, 0.3) is 11.3 Å². The number of rotatable bonds is 5. The van der Waals surface area contributed by atoms with Crippen LogP contribution in [0.1, 0.15) is 32.0 Å². The van der Waals surface area contributed by atoms with Crippen molar-refractivity contribution in [2.75, 3.05) is 30.4 Å². The van der Waals surface area contributed by atoms with Crippen LogP contribution in [0.5, 0.6) is 0 Å². The smallest absolute Gasteiger partial charge is 0.229 e. The third kappa shape index (κ3) is 3.57. The van der Waals surface area contributed by atoms with Gasteiger partial charge in [-0.1, -0.05) is 12.1 Å². The fourth-order valence-corrected chi connectivity index (χ4v) is 5.06. The van der Waals surface area contributed by atoms with E-state index in [-0.39, 0.29) is 5.41 Å². The predicted molar refractivity (Wildman–Crippen MR) is 123 cm³/mol. The fourth-order valence-electron chi connectivity index (χ4n) is 4.27. The zero-order valence-electron chi connectivity index (χ0n) is 18.4. The maximum absolute atomic E-state index is 12.4. The molecule has 1 spiro atoms. The first kappa shape index (κ1) is 21.3. The monoisotopic (exact) mass is 450 g/mol. The van der Waals surface area contributed by atoms with Gasteiger partial charge in [-0.25, -0.2) is 15.0 Å². The Morgan fingerprint density at radius 1 is 1.19 bits per heavy atom. The number of fused-ring (bicyclic) bond motifs is 2. The summed E-state index contributed by atoms with van der Waals surface area (Å²) in [7, 11) is 0. The highest BCUT2D eigenvalue weighted by Gasteiger charge is 2.49. The highest BCUT2D eigenvalue weighted by Crippen LogP contribution is 2.48. The SMILES string of the molecule is CC[S@@+]([O-])c1ccc2c(c1)N(c1ncc(-c3cccc(C(C)(C)O)n3)cn1)CC21COC1. The highest BCUT2D eigenvalue weighted by atomic mass is 32.2. The number of aliphatic hydroxyl groups is 1. The van der Waals surface area contributed by atoms with Gasteiger partial charge < -0.3 is 19.3 Å². The Morgan fingerprint density at radius 3 is 2.56 bits per heavy atom. The Labute approximate surface area is 190 Å². The van der Waals surface area contributed by atoms with Crippen molar-refractivity contribution in [1.82, 2.24) is 15.0 Å². The van der Waals surface area contributed by atoms with Gasteiger partial charge in [0, 0.05) is 30.6 Å². The van der Waals surface area contributed by atoms with E-state index in [0.717, 1.165) is 22.7 Å². The highest BCUT2D eigenvalue weighted by molar-refractivity contribution is 7.91. The van der Waals surface area contributed by atoms with E-state index in [1.54, 1.807) is 32.3 Å². The lowest BCUT2D eigenvalue weighted by atomic mass is 9.81. The van der Waals surface area contributed by atoms with Crippen LogP contribution < -0.4 is 4.90 Å². The summed E-state index contributed by atoms with van der Waals surface area (Å²) >= 11 is -1.03. The van der Waals surface area contributed by atoms with Crippen molar-refractivity contribution in [2.24, 2.45) is 0 Å². The van der Waals surface area contributed by atoms with Crippen LogP contribution in [0.3, 0.4) is 0 Å². The van der Waals surface area contributed by atoms with E-state index in [4.69, 9.17) is 4.74 Å². The lowest BCUT2D eigenvalue weighted by molar-refractivity contribution is -0.0507. The summed E-state index contributed by atoms with van der Waals surface area (Å²) in [4.78, 5) is 16.8. The van der Waals surface area contributed by atoms with Gasteiger partial charge in [0.1, 0.15) is 11.4 Å². The third-order valence-corrected chi connectivity index (χ3v) is 7.43. The van der Waals surface area contributed by atoms with E-state index in [1.165, 1.54) is 5.56 Å². The van der Waals surface area contributed by atoms with Gasteiger partial charge in [0.25, 0.3) is 0 Å². The van der Waals surface area contributed by atoms with Crippen LogP contribution in [0.15, 0.2) is 53.7 Å². The number of nitrogens with zero attached hydrogens (tertiary/aromatic N) is 4. The van der Waals surface area contributed by atoms with E-state index in [2.05, 4.69) is 25.9 Å². The minimum absolute atomic E-state index is 0.0633. The normalized spacial score (nSPS) is 17.8. The minimum Gasteiger partial charge on any atom is -0.611 e. The number of ether oxygens (including phenoxy) is 1. The molecule has 4 heterocycles. The van der Waals surface area contributed by atoms with Crippen LogP contribution in [0.2, 0.25) is 0 Å². The molecule has 0 aliphatic carbocycles. The van der Waals surface area contributed by atoms with Crippen molar-refractivity contribution in [1.29, 1.82) is 0 Å². The van der Waals surface area contributed by atoms with Crippen LogP contribution in [0, 0.1) is 0 Å². The largest absolute Gasteiger partial charge is 0.611 e. The van der Waals surface area contributed by atoms with Crippen LogP contribution in [0.4, 0.5) is 11.6 Å². The zero-order valence-corrected chi connectivity index (χ0v) is 19.2. The quantitative estimate of drug-likeness (QED) is 0.596. The van der Waals surface area contributed by atoms with Crippen molar-refractivity contribution >= 4 is 22.8 Å². The molecule has 0 amide bonds. The number of hydrogen-bond acceptors (Lipinski definition) is 7.